The van der Waals surface area contributed by atoms with Gasteiger partial charge in [-0.05, 0) is 5.10 Å². The van der Waals surface area contributed by atoms with E-state index in [9.17, 15) is 0 Å². The second-order valence-corrected chi connectivity index (χ2v) is 5.34. The molecule has 0 bridgehead atoms. The number of fused-ring (bicyclic) bond motifs is 1. The first kappa shape index (κ1) is 15.1. The van der Waals surface area contributed by atoms with Crippen molar-refractivity contribution in [2.24, 2.45) is 15.1 Å². The molecule has 9 heteroatoms. The van der Waals surface area contributed by atoms with Crippen LogP contribution in [0.4, 0.5) is 11.4 Å². The third kappa shape index (κ3) is 2.56. The molecule has 25 heavy (non-hydrogen) atoms. The van der Waals surface area contributed by atoms with Crippen molar-refractivity contribution in [1.82, 2.24) is 14.8 Å². The largest absolute Gasteiger partial charge is 0.497 e. The van der Waals surface area contributed by atoms with Crippen LogP contribution >= 0.6 is 0 Å². The highest BCUT2D eigenvalue weighted by atomic mass is 16.5. The van der Waals surface area contributed by atoms with E-state index >= 15 is 0 Å². The van der Waals surface area contributed by atoms with Crippen LogP contribution < -0.4 is 19.4 Å². The number of hydrogen-bond donors (Lipinski definition) is 2. The Labute approximate surface area is 143 Å². The molecule has 0 spiro atoms. The van der Waals surface area contributed by atoms with Crippen molar-refractivity contribution in [3.8, 4) is 11.5 Å². The lowest BCUT2D eigenvalue weighted by Crippen LogP contribution is -2.44. The molecule has 1 aromatic carbocycles. The molecule has 2 aliphatic rings. The fourth-order valence-corrected chi connectivity index (χ4v) is 2.65. The van der Waals surface area contributed by atoms with E-state index in [1.165, 1.54) is 0 Å². The lowest BCUT2D eigenvalue weighted by atomic mass is 10.3. The maximum atomic E-state index is 5.29. The number of aromatic amines is 1. The van der Waals surface area contributed by atoms with Gasteiger partial charge in [-0.2, -0.15) is 10.1 Å². The first-order chi connectivity index (χ1) is 12.2. The minimum atomic E-state index is 0.0729. The van der Waals surface area contributed by atoms with E-state index in [1.54, 1.807) is 45.1 Å². The standard InChI is InChI=1S/C16H16N7O2/c1-24-13-5-11(6-14(7-13)25-2)20-16-21-15-10-17-3-4-23(15,22-16)12-8-18-19-9-12/h3-10H,1-2H3,(H,18,19)(H,20,22)/q+1. The summed E-state index contributed by atoms with van der Waals surface area (Å²) in [4.78, 5) is 8.70. The van der Waals surface area contributed by atoms with Crippen molar-refractivity contribution in [3.05, 3.63) is 43.0 Å². The van der Waals surface area contributed by atoms with Crippen molar-refractivity contribution in [1.29, 1.82) is 0 Å². The Hall–Kier alpha value is -3.46. The van der Waals surface area contributed by atoms with Crippen molar-refractivity contribution >= 4 is 29.4 Å². The highest BCUT2D eigenvalue weighted by molar-refractivity contribution is 6.38. The smallest absolute Gasteiger partial charge is 0.287 e. The summed E-state index contributed by atoms with van der Waals surface area (Å²) in [5.74, 6) is 2.46. The normalized spacial score (nSPS) is 20.7. The number of amidine groups is 1. The molecule has 1 atom stereocenters. The molecule has 2 aromatic rings. The van der Waals surface area contributed by atoms with Gasteiger partial charge in [0.2, 0.25) is 5.69 Å². The van der Waals surface area contributed by atoms with E-state index in [2.05, 4.69) is 25.5 Å². The lowest BCUT2D eigenvalue weighted by molar-refractivity contribution is 0.395. The fraction of sp³-hybridized carbons (Fsp3) is 0.125. The van der Waals surface area contributed by atoms with Gasteiger partial charge in [0.05, 0.1) is 26.6 Å². The van der Waals surface area contributed by atoms with Crippen LogP contribution in [0.5, 0.6) is 11.5 Å². The number of ether oxygens (including phenoxy) is 2. The number of H-pyrrole nitrogens is 1. The molecule has 0 amide bonds. The second kappa shape index (κ2) is 5.87. The first-order valence-corrected chi connectivity index (χ1v) is 7.52. The van der Waals surface area contributed by atoms with Crippen molar-refractivity contribution < 1.29 is 9.47 Å². The molecule has 0 saturated carbocycles. The predicted octanol–water partition coefficient (Wildman–Crippen LogP) is 2.08. The average Bonchev–Trinajstić information content (AvgIpc) is 3.29. The number of rotatable bonds is 4. The van der Waals surface area contributed by atoms with E-state index in [0.29, 0.717) is 23.3 Å². The van der Waals surface area contributed by atoms with Crippen LogP contribution in [0, 0.1) is 0 Å². The molecule has 2 N–H and O–H groups in total. The van der Waals surface area contributed by atoms with Gasteiger partial charge in [0, 0.05) is 23.9 Å². The molecule has 0 saturated heterocycles. The maximum absolute atomic E-state index is 5.29. The van der Waals surface area contributed by atoms with Crippen LogP contribution in [-0.2, 0) is 0 Å². The number of quaternary nitrogens is 1. The van der Waals surface area contributed by atoms with Crippen LogP contribution in [-0.4, -0.2) is 42.4 Å². The molecule has 0 aliphatic carbocycles. The Morgan fingerprint density at radius 1 is 1.12 bits per heavy atom. The monoisotopic (exact) mass is 338 g/mol. The van der Waals surface area contributed by atoms with E-state index in [0.717, 1.165) is 11.4 Å². The van der Waals surface area contributed by atoms with Crippen LogP contribution in [0.2, 0.25) is 0 Å². The average molecular weight is 338 g/mol. The molecule has 0 fully saturated rings. The summed E-state index contributed by atoms with van der Waals surface area (Å²) in [5, 5.41) is 14.7. The van der Waals surface area contributed by atoms with Gasteiger partial charge < -0.3 is 14.8 Å². The number of guanidine groups is 1. The number of anilines is 1. The topological polar surface area (TPSA) is 96.2 Å². The lowest BCUT2D eigenvalue weighted by Gasteiger charge is -2.21. The first-order valence-electron chi connectivity index (χ1n) is 7.52. The Bertz CT molecular complexity index is 892. The minimum absolute atomic E-state index is 0.0729. The van der Waals surface area contributed by atoms with Crippen molar-refractivity contribution in [2.45, 2.75) is 0 Å². The van der Waals surface area contributed by atoms with Gasteiger partial charge in [-0.25, -0.2) is 0 Å². The second-order valence-electron chi connectivity index (χ2n) is 5.34. The number of nitrogens with zero attached hydrogens (tertiary/aromatic N) is 5. The van der Waals surface area contributed by atoms with Gasteiger partial charge >= 0.3 is 0 Å². The molecule has 9 nitrogen and oxygen atoms in total. The number of hydrogen-bond acceptors (Lipinski definition) is 7. The van der Waals surface area contributed by atoms with Gasteiger partial charge in [-0.15, -0.1) is 0 Å². The van der Waals surface area contributed by atoms with E-state index in [4.69, 9.17) is 14.6 Å². The van der Waals surface area contributed by atoms with Gasteiger partial charge in [0.15, 0.2) is 6.20 Å². The van der Waals surface area contributed by atoms with E-state index < -0.39 is 0 Å². The van der Waals surface area contributed by atoms with Gasteiger partial charge in [-0.3, -0.25) is 10.1 Å². The zero-order chi connectivity index (χ0) is 17.3. The quantitative estimate of drug-likeness (QED) is 0.834. The Morgan fingerprint density at radius 3 is 2.60 bits per heavy atom. The molecule has 4 rings (SSSR count). The third-order valence-corrected chi connectivity index (χ3v) is 3.87. The molecular formula is C16H16N7O2+. The summed E-state index contributed by atoms with van der Waals surface area (Å²) >= 11 is 0. The Morgan fingerprint density at radius 2 is 1.92 bits per heavy atom. The molecule has 3 heterocycles. The van der Waals surface area contributed by atoms with Crippen molar-refractivity contribution in [2.75, 3.05) is 19.5 Å². The zero-order valence-electron chi connectivity index (χ0n) is 13.7. The number of aliphatic imine (C=N–C) groups is 2. The predicted molar refractivity (Wildman–Crippen MR) is 96.1 cm³/mol. The zero-order valence-corrected chi connectivity index (χ0v) is 13.7. The van der Waals surface area contributed by atoms with E-state index in [-0.39, 0.29) is 4.59 Å². The molecule has 0 radical (unpaired) electrons. The number of aromatic nitrogens is 2. The Kier molecular flexibility index (Phi) is 3.55. The van der Waals surface area contributed by atoms with Crippen LogP contribution in [0.15, 0.2) is 58.1 Å². The summed E-state index contributed by atoms with van der Waals surface area (Å²) in [7, 11) is 3.21. The maximum Gasteiger partial charge on any atom is 0.287 e. The number of nitrogens with one attached hydrogen (secondary N) is 2. The number of benzene rings is 1. The highest BCUT2D eigenvalue weighted by Crippen LogP contribution is 2.31. The fourth-order valence-electron chi connectivity index (χ4n) is 2.65. The third-order valence-electron chi connectivity index (χ3n) is 3.87. The van der Waals surface area contributed by atoms with Crippen LogP contribution in [0.25, 0.3) is 0 Å². The molecule has 1 aromatic heterocycles. The molecular weight excluding hydrogens is 322 g/mol. The van der Waals surface area contributed by atoms with Crippen molar-refractivity contribution in [3.63, 3.8) is 0 Å². The van der Waals surface area contributed by atoms with Crippen LogP contribution in [0.3, 0.4) is 0 Å². The van der Waals surface area contributed by atoms with E-state index in [1.807, 2.05) is 18.3 Å². The summed E-state index contributed by atoms with van der Waals surface area (Å²) in [6.07, 6.45) is 8.69. The SMILES string of the molecule is COc1cc(NC2=N[N+]3(c4cn[nH]c4)C=CN=CC3=N2)cc(OC)c1. The summed E-state index contributed by atoms with van der Waals surface area (Å²) in [5.41, 5.74) is 1.59. The summed E-state index contributed by atoms with van der Waals surface area (Å²) < 4.78 is 10.7. The minimum Gasteiger partial charge on any atom is -0.497 e. The number of methoxy groups -OCH3 is 2. The molecule has 2 aliphatic heterocycles. The highest BCUT2D eigenvalue weighted by Gasteiger charge is 2.43. The van der Waals surface area contributed by atoms with Gasteiger partial charge in [0.1, 0.15) is 23.9 Å². The Balaban J connectivity index is 1.71. The summed E-state index contributed by atoms with van der Waals surface area (Å²) in [6.45, 7) is 0. The van der Waals surface area contributed by atoms with Crippen LogP contribution in [0.1, 0.15) is 0 Å². The summed E-state index contributed by atoms with van der Waals surface area (Å²) in [6, 6.07) is 5.48. The van der Waals surface area contributed by atoms with Gasteiger partial charge in [-0.1, -0.05) is 4.59 Å². The van der Waals surface area contributed by atoms with Gasteiger partial charge in [0.25, 0.3) is 11.8 Å². The molecule has 1 unspecified atom stereocenters. The molecule has 126 valence electrons.